The van der Waals surface area contributed by atoms with Crippen LogP contribution in [0.15, 0.2) is 48.7 Å². The fourth-order valence-electron chi connectivity index (χ4n) is 2.45. The van der Waals surface area contributed by atoms with Gasteiger partial charge in [-0.05, 0) is 37.0 Å². The molecule has 0 fully saturated rings. The van der Waals surface area contributed by atoms with E-state index in [0.717, 1.165) is 19.3 Å². The van der Waals surface area contributed by atoms with Crippen LogP contribution in [0.1, 0.15) is 39.3 Å². The van der Waals surface area contributed by atoms with Crippen molar-refractivity contribution >= 4 is 11.8 Å². The Morgan fingerprint density at radius 2 is 1.73 bits per heavy atom. The van der Waals surface area contributed by atoms with E-state index < -0.39 is 0 Å². The first-order valence-corrected chi connectivity index (χ1v) is 8.76. The zero-order valence-electron chi connectivity index (χ0n) is 15.0. The van der Waals surface area contributed by atoms with E-state index in [-0.39, 0.29) is 17.5 Å². The van der Waals surface area contributed by atoms with Crippen molar-refractivity contribution in [1.29, 1.82) is 0 Å². The Kier molecular flexibility index (Phi) is 8.29. The number of carbonyl (C=O) groups excluding carboxylic acids is 2. The molecule has 138 valence electrons. The van der Waals surface area contributed by atoms with Gasteiger partial charge in [-0.3, -0.25) is 14.6 Å². The summed E-state index contributed by atoms with van der Waals surface area (Å²) >= 11 is 0. The van der Waals surface area contributed by atoms with Gasteiger partial charge in [-0.2, -0.15) is 0 Å². The molecule has 2 rings (SSSR count). The van der Waals surface area contributed by atoms with Gasteiger partial charge in [0.05, 0.1) is 0 Å². The highest BCUT2D eigenvalue weighted by Gasteiger charge is 2.11. The van der Waals surface area contributed by atoms with Crippen molar-refractivity contribution in [3.63, 3.8) is 0 Å². The number of carbonyl (C=O) groups is 2. The minimum atomic E-state index is -0.271. The van der Waals surface area contributed by atoms with Crippen LogP contribution < -0.4 is 10.6 Å². The van der Waals surface area contributed by atoms with Crippen molar-refractivity contribution in [3.8, 4) is 0 Å². The number of amides is 2. The summed E-state index contributed by atoms with van der Waals surface area (Å²) in [7, 11) is 1.62. The van der Waals surface area contributed by atoms with Gasteiger partial charge in [-0.1, -0.05) is 30.3 Å². The molecule has 0 spiro atoms. The number of benzene rings is 1. The standard InChI is InChI=1S/C20H25N3O3/c1-26-14-6-12-22-19(24)17-10-13-21-18(15-17)20(25)23-11-5-9-16-7-3-2-4-8-16/h2-4,7-8,10,13,15H,5-6,9,11-12,14H2,1H3,(H,22,24)(H,23,25). The minimum absolute atomic E-state index is 0.221. The molecule has 1 aromatic carbocycles. The van der Waals surface area contributed by atoms with Crippen molar-refractivity contribution < 1.29 is 14.3 Å². The van der Waals surface area contributed by atoms with Gasteiger partial charge >= 0.3 is 0 Å². The van der Waals surface area contributed by atoms with Crippen molar-refractivity contribution in [2.45, 2.75) is 19.3 Å². The lowest BCUT2D eigenvalue weighted by Crippen LogP contribution is -2.28. The molecule has 0 saturated heterocycles. The first-order valence-electron chi connectivity index (χ1n) is 8.76. The molecule has 2 N–H and O–H groups in total. The summed E-state index contributed by atoms with van der Waals surface area (Å²) in [6.45, 7) is 1.67. The number of ether oxygens (including phenoxy) is 1. The molecule has 0 atom stereocenters. The number of aromatic nitrogens is 1. The van der Waals surface area contributed by atoms with E-state index in [1.807, 2.05) is 18.2 Å². The molecule has 6 nitrogen and oxygen atoms in total. The number of hydrogen-bond acceptors (Lipinski definition) is 4. The number of nitrogens with one attached hydrogen (secondary N) is 2. The number of rotatable bonds is 10. The Labute approximate surface area is 154 Å². The fourth-order valence-corrected chi connectivity index (χ4v) is 2.45. The Morgan fingerprint density at radius 3 is 2.50 bits per heavy atom. The highest BCUT2D eigenvalue weighted by Crippen LogP contribution is 2.04. The normalized spacial score (nSPS) is 10.3. The average Bonchev–Trinajstić information content (AvgIpc) is 2.69. The Balaban J connectivity index is 1.78. The highest BCUT2D eigenvalue weighted by molar-refractivity contribution is 5.98. The molecular weight excluding hydrogens is 330 g/mol. The molecule has 0 aliphatic heterocycles. The lowest BCUT2D eigenvalue weighted by Gasteiger charge is -2.07. The lowest BCUT2D eigenvalue weighted by molar-refractivity contribution is 0.0948. The molecule has 2 aromatic rings. The van der Waals surface area contributed by atoms with Gasteiger partial charge in [0.2, 0.25) is 0 Å². The predicted molar refractivity (Wildman–Crippen MR) is 100 cm³/mol. The Bertz CT molecular complexity index is 704. The van der Waals surface area contributed by atoms with Crippen LogP contribution in [-0.4, -0.2) is 43.6 Å². The zero-order valence-corrected chi connectivity index (χ0v) is 15.0. The first-order chi connectivity index (χ1) is 12.7. The fraction of sp³-hybridized carbons (Fsp3) is 0.350. The molecule has 0 bridgehead atoms. The summed E-state index contributed by atoms with van der Waals surface area (Å²) in [5.41, 5.74) is 1.91. The van der Waals surface area contributed by atoms with Crippen LogP contribution in [0.5, 0.6) is 0 Å². The van der Waals surface area contributed by atoms with Crippen LogP contribution in [0.4, 0.5) is 0 Å². The summed E-state index contributed by atoms with van der Waals surface area (Å²) in [6.07, 6.45) is 3.96. The van der Waals surface area contributed by atoms with E-state index in [2.05, 4.69) is 27.8 Å². The van der Waals surface area contributed by atoms with E-state index in [1.165, 1.54) is 17.8 Å². The molecule has 26 heavy (non-hydrogen) atoms. The van der Waals surface area contributed by atoms with Gasteiger partial charge in [-0.15, -0.1) is 0 Å². The van der Waals surface area contributed by atoms with Gasteiger partial charge < -0.3 is 15.4 Å². The number of aryl methyl sites for hydroxylation is 1. The minimum Gasteiger partial charge on any atom is -0.385 e. The number of methoxy groups -OCH3 is 1. The van der Waals surface area contributed by atoms with Crippen molar-refractivity contribution in [2.75, 3.05) is 26.8 Å². The molecule has 0 aliphatic carbocycles. The number of nitrogens with zero attached hydrogens (tertiary/aromatic N) is 1. The van der Waals surface area contributed by atoms with E-state index >= 15 is 0 Å². The van der Waals surface area contributed by atoms with Crippen LogP contribution >= 0.6 is 0 Å². The molecule has 1 heterocycles. The van der Waals surface area contributed by atoms with Crippen LogP contribution in [0.3, 0.4) is 0 Å². The largest absolute Gasteiger partial charge is 0.385 e. The summed E-state index contributed by atoms with van der Waals surface area (Å²) < 4.78 is 4.94. The van der Waals surface area contributed by atoms with Gasteiger partial charge in [0.1, 0.15) is 5.69 Å². The third kappa shape index (κ3) is 6.64. The number of pyridine rings is 1. The average molecular weight is 355 g/mol. The summed E-state index contributed by atoms with van der Waals surface area (Å²) in [5.74, 6) is -0.492. The third-order valence-electron chi connectivity index (χ3n) is 3.84. The molecule has 6 heteroatoms. The maximum Gasteiger partial charge on any atom is 0.269 e. The maximum atomic E-state index is 12.2. The molecule has 2 amide bonds. The monoisotopic (exact) mass is 355 g/mol. The Morgan fingerprint density at radius 1 is 1.00 bits per heavy atom. The van der Waals surface area contributed by atoms with Crippen molar-refractivity contribution in [3.05, 3.63) is 65.5 Å². The SMILES string of the molecule is COCCCNC(=O)c1ccnc(C(=O)NCCCc2ccccc2)c1. The van der Waals surface area contributed by atoms with E-state index in [9.17, 15) is 9.59 Å². The first kappa shape index (κ1) is 19.6. The summed E-state index contributed by atoms with van der Waals surface area (Å²) in [6, 6.07) is 13.2. The lowest BCUT2D eigenvalue weighted by atomic mass is 10.1. The quantitative estimate of drug-likeness (QED) is 0.641. The van der Waals surface area contributed by atoms with Crippen molar-refractivity contribution in [2.24, 2.45) is 0 Å². The van der Waals surface area contributed by atoms with Crippen molar-refractivity contribution in [1.82, 2.24) is 15.6 Å². The number of hydrogen-bond donors (Lipinski definition) is 2. The van der Waals surface area contributed by atoms with Crippen LogP contribution in [0.2, 0.25) is 0 Å². The molecule has 1 aromatic heterocycles. The van der Waals surface area contributed by atoms with Crippen LogP contribution in [-0.2, 0) is 11.2 Å². The van der Waals surface area contributed by atoms with Crippen LogP contribution in [0, 0.1) is 0 Å². The molecule has 0 aliphatic rings. The molecular formula is C20H25N3O3. The summed E-state index contributed by atoms with van der Waals surface area (Å²) in [4.78, 5) is 28.4. The molecule has 0 unspecified atom stereocenters. The highest BCUT2D eigenvalue weighted by atomic mass is 16.5. The predicted octanol–water partition coefficient (Wildman–Crippen LogP) is 2.21. The summed E-state index contributed by atoms with van der Waals surface area (Å²) in [5, 5.41) is 5.64. The molecule has 0 radical (unpaired) electrons. The second-order valence-corrected chi connectivity index (χ2v) is 5.88. The van der Waals surface area contributed by atoms with Gasteiger partial charge in [0.25, 0.3) is 11.8 Å². The third-order valence-corrected chi connectivity index (χ3v) is 3.84. The topological polar surface area (TPSA) is 80.3 Å². The zero-order chi connectivity index (χ0) is 18.6. The van der Waals surface area contributed by atoms with Gasteiger partial charge in [0, 0.05) is 38.6 Å². The van der Waals surface area contributed by atoms with E-state index in [0.29, 0.717) is 25.3 Å². The van der Waals surface area contributed by atoms with Gasteiger partial charge in [0.15, 0.2) is 0 Å². The van der Waals surface area contributed by atoms with Gasteiger partial charge in [-0.25, -0.2) is 0 Å². The second-order valence-electron chi connectivity index (χ2n) is 5.88. The smallest absolute Gasteiger partial charge is 0.269 e. The van der Waals surface area contributed by atoms with Crippen LogP contribution in [0.25, 0.3) is 0 Å². The Hall–Kier alpha value is -2.73. The van der Waals surface area contributed by atoms with E-state index in [4.69, 9.17) is 4.74 Å². The maximum absolute atomic E-state index is 12.2. The van der Waals surface area contributed by atoms with E-state index in [1.54, 1.807) is 13.2 Å². The second kappa shape index (κ2) is 11.0. The molecule has 0 saturated carbocycles.